The largest absolute Gasteiger partial charge is 0.481 e. The lowest BCUT2D eigenvalue weighted by Crippen LogP contribution is -2.37. The summed E-state index contributed by atoms with van der Waals surface area (Å²) in [6.45, 7) is 8.20. The van der Waals surface area contributed by atoms with Crippen LogP contribution in [0, 0.1) is 5.92 Å². The van der Waals surface area contributed by atoms with Crippen LogP contribution in [0.5, 0.6) is 5.75 Å². The number of ether oxygens (including phenoxy) is 1. The Balaban J connectivity index is 2.44. The molecule has 116 valence electrons. The maximum absolute atomic E-state index is 11.9. The van der Waals surface area contributed by atoms with Crippen molar-refractivity contribution in [3.63, 3.8) is 0 Å². The van der Waals surface area contributed by atoms with E-state index in [1.54, 1.807) is 26.0 Å². The number of rotatable bonds is 8. The second-order valence-electron chi connectivity index (χ2n) is 5.76. The Morgan fingerprint density at radius 3 is 2.29 bits per heavy atom. The summed E-state index contributed by atoms with van der Waals surface area (Å²) in [5.74, 6) is 1.22. The summed E-state index contributed by atoms with van der Waals surface area (Å²) in [5, 5.41) is 2.86. The molecule has 0 saturated heterocycles. The van der Waals surface area contributed by atoms with E-state index >= 15 is 0 Å². The van der Waals surface area contributed by atoms with Crippen molar-refractivity contribution < 1.29 is 14.3 Å². The Labute approximate surface area is 126 Å². The molecule has 0 fully saturated rings. The zero-order valence-electron chi connectivity index (χ0n) is 13.3. The Bertz CT molecular complexity index is 465. The van der Waals surface area contributed by atoms with Gasteiger partial charge in [-0.2, -0.15) is 0 Å². The fourth-order valence-electron chi connectivity index (χ4n) is 1.86. The Morgan fingerprint density at radius 1 is 1.14 bits per heavy atom. The number of carbonyl (C=O) groups excluding carboxylic acids is 2. The average molecular weight is 291 g/mol. The van der Waals surface area contributed by atoms with Gasteiger partial charge >= 0.3 is 0 Å². The van der Waals surface area contributed by atoms with Gasteiger partial charge in [0.2, 0.25) is 0 Å². The summed E-state index contributed by atoms with van der Waals surface area (Å²) < 4.78 is 5.60. The Hall–Kier alpha value is -1.84. The minimum atomic E-state index is -0.532. The molecule has 4 nitrogen and oxygen atoms in total. The lowest BCUT2D eigenvalue weighted by Gasteiger charge is -2.15. The van der Waals surface area contributed by atoms with Crippen LogP contribution in [-0.4, -0.2) is 24.3 Å². The summed E-state index contributed by atoms with van der Waals surface area (Å²) in [6.07, 6.45) is 0.847. The number of hydrogen-bond donors (Lipinski definition) is 1. The first-order chi connectivity index (χ1) is 9.88. The van der Waals surface area contributed by atoms with Crippen LogP contribution in [0.15, 0.2) is 24.3 Å². The van der Waals surface area contributed by atoms with Gasteiger partial charge in [-0.1, -0.05) is 26.0 Å². The number of Topliss-reactive ketones (excluding diaryl/α,β-unsaturated/α-hetero) is 1. The van der Waals surface area contributed by atoms with Crippen molar-refractivity contribution in [3.8, 4) is 5.75 Å². The highest BCUT2D eigenvalue weighted by molar-refractivity contribution is 5.80. The summed E-state index contributed by atoms with van der Waals surface area (Å²) in [4.78, 5) is 22.9. The molecule has 1 amide bonds. The summed E-state index contributed by atoms with van der Waals surface area (Å²) in [6, 6.07) is 7.27. The molecule has 1 N–H and O–H groups in total. The highest BCUT2D eigenvalue weighted by Crippen LogP contribution is 2.14. The SMILES string of the molecule is CC(=O)Cc1ccc(OC(C)C(=O)NCCC(C)C)cc1. The second kappa shape index (κ2) is 8.45. The van der Waals surface area contributed by atoms with Crippen LogP contribution in [0.2, 0.25) is 0 Å². The van der Waals surface area contributed by atoms with Crippen LogP contribution in [0.1, 0.15) is 39.7 Å². The first kappa shape index (κ1) is 17.2. The van der Waals surface area contributed by atoms with Gasteiger partial charge in [0.05, 0.1) is 0 Å². The summed E-state index contributed by atoms with van der Waals surface area (Å²) in [7, 11) is 0. The maximum atomic E-state index is 11.9. The van der Waals surface area contributed by atoms with Gasteiger partial charge in [-0.05, 0) is 43.9 Å². The second-order valence-corrected chi connectivity index (χ2v) is 5.76. The third-order valence-electron chi connectivity index (χ3n) is 3.08. The molecule has 1 atom stereocenters. The summed E-state index contributed by atoms with van der Waals surface area (Å²) >= 11 is 0. The molecule has 1 aromatic rings. The minimum absolute atomic E-state index is 0.108. The van der Waals surface area contributed by atoms with E-state index < -0.39 is 6.10 Å². The van der Waals surface area contributed by atoms with Crippen molar-refractivity contribution in [3.05, 3.63) is 29.8 Å². The quantitative estimate of drug-likeness (QED) is 0.801. The van der Waals surface area contributed by atoms with Gasteiger partial charge in [-0.3, -0.25) is 9.59 Å². The smallest absolute Gasteiger partial charge is 0.260 e. The molecule has 0 aliphatic rings. The van der Waals surface area contributed by atoms with Crippen molar-refractivity contribution in [1.29, 1.82) is 0 Å². The van der Waals surface area contributed by atoms with Gasteiger partial charge in [-0.25, -0.2) is 0 Å². The van der Waals surface area contributed by atoms with Crippen LogP contribution >= 0.6 is 0 Å². The first-order valence-corrected chi connectivity index (χ1v) is 7.41. The molecule has 0 spiro atoms. The standard InChI is InChI=1S/C17H25NO3/c1-12(2)9-10-18-17(20)14(4)21-16-7-5-15(6-8-16)11-13(3)19/h5-8,12,14H,9-11H2,1-4H3,(H,18,20). The Kier molecular flexibility index (Phi) is 6.92. The molecule has 0 bridgehead atoms. The van der Waals surface area contributed by atoms with Gasteiger partial charge in [0, 0.05) is 13.0 Å². The van der Waals surface area contributed by atoms with Crippen LogP contribution < -0.4 is 10.1 Å². The molecular weight excluding hydrogens is 266 g/mol. The van der Waals surface area contributed by atoms with E-state index in [0.29, 0.717) is 24.6 Å². The third-order valence-corrected chi connectivity index (χ3v) is 3.08. The normalized spacial score (nSPS) is 12.0. The molecule has 1 unspecified atom stereocenters. The van der Waals surface area contributed by atoms with Crippen LogP contribution in [0.3, 0.4) is 0 Å². The van der Waals surface area contributed by atoms with Crippen molar-refractivity contribution in [2.24, 2.45) is 5.92 Å². The number of hydrogen-bond acceptors (Lipinski definition) is 3. The molecule has 1 aromatic carbocycles. The number of amides is 1. The molecule has 21 heavy (non-hydrogen) atoms. The monoisotopic (exact) mass is 291 g/mol. The van der Waals surface area contributed by atoms with Gasteiger partial charge in [0.15, 0.2) is 6.10 Å². The zero-order chi connectivity index (χ0) is 15.8. The van der Waals surface area contributed by atoms with Crippen molar-refractivity contribution in [2.75, 3.05) is 6.54 Å². The van der Waals surface area contributed by atoms with Crippen LogP contribution in [0.25, 0.3) is 0 Å². The van der Waals surface area contributed by atoms with Crippen molar-refractivity contribution in [2.45, 2.75) is 46.6 Å². The molecule has 4 heteroatoms. The van der Waals surface area contributed by atoms with E-state index in [2.05, 4.69) is 19.2 Å². The number of carbonyl (C=O) groups is 2. The van der Waals surface area contributed by atoms with Gasteiger partial charge < -0.3 is 10.1 Å². The van der Waals surface area contributed by atoms with E-state index in [0.717, 1.165) is 12.0 Å². The lowest BCUT2D eigenvalue weighted by atomic mass is 10.1. The number of benzene rings is 1. The van der Waals surface area contributed by atoms with Gasteiger partial charge in [-0.15, -0.1) is 0 Å². The molecule has 1 rings (SSSR count). The average Bonchev–Trinajstić information content (AvgIpc) is 2.39. The molecule has 0 radical (unpaired) electrons. The third kappa shape index (κ3) is 6.93. The number of ketones is 1. The lowest BCUT2D eigenvalue weighted by molar-refractivity contribution is -0.127. The van der Waals surface area contributed by atoms with Gasteiger partial charge in [0.1, 0.15) is 11.5 Å². The summed E-state index contributed by atoms with van der Waals surface area (Å²) in [5.41, 5.74) is 0.948. The van der Waals surface area contributed by atoms with E-state index in [-0.39, 0.29) is 11.7 Å². The van der Waals surface area contributed by atoms with Gasteiger partial charge in [0.25, 0.3) is 5.91 Å². The van der Waals surface area contributed by atoms with Crippen molar-refractivity contribution in [1.82, 2.24) is 5.32 Å². The fraction of sp³-hybridized carbons (Fsp3) is 0.529. The zero-order valence-corrected chi connectivity index (χ0v) is 13.3. The Morgan fingerprint density at radius 2 is 1.76 bits per heavy atom. The first-order valence-electron chi connectivity index (χ1n) is 7.41. The molecule has 0 aromatic heterocycles. The van der Waals surface area contributed by atoms with E-state index in [1.807, 2.05) is 12.1 Å². The number of nitrogens with one attached hydrogen (secondary N) is 1. The highest BCUT2D eigenvalue weighted by Gasteiger charge is 2.14. The molecule has 0 aliphatic heterocycles. The van der Waals surface area contributed by atoms with E-state index in [9.17, 15) is 9.59 Å². The molecule has 0 aliphatic carbocycles. The predicted octanol–water partition coefficient (Wildman–Crippen LogP) is 2.75. The molecule has 0 saturated carbocycles. The van der Waals surface area contributed by atoms with Crippen LogP contribution in [-0.2, 0) is 16.0 Å². The molecular formula is C17H25NO3. The van der Waals surface area contributed by atoms with Crippen molar-refractivity contribution >= 4 is 11.7 Å². The van der Waals surface area contributed by atoms with E-state index in [1.165, 1.54) is 0 Å². The fourth-order valence-corrected chi connectivity index (χ4v) is 1.86. The topological polar surface area (TPSA) is 55.4 Å². The minimum Gasteiger partial charge on any atom is -0.481 e. The molecule has 0 heterocycles. The highest BCUT2D eigenvalue weighted by atomic mass is 16.5. The van der Waals surface area contributed by atoms with E-state index in [4.69, 9.17) is 4.74 Å². The van der Waals surface area contributed by atoms with Crippen LogP contribution in [0.4, 0.5) is 0 Å². The maximum Gasteiger partial charge on any atom is 0.260 e. The predicted molar refractivity (Wildman–Crippen MR) is 83.4 cm³/mol.